The summed E-state index contributed by atoms with van der Waals surface area (Å²) in [7, 11) is 0. The van der Waals surface area contributed by atoms with Crippen LogP contribution >= 0.6 is 0 Å². The van der Waals surface area contributed by atoms with E-state index in [0.717, 1.165) is 13.1 Å². The lowest BCUT2D eigenvalue weighted by atomic mass is 10.00. The molecule has 2 aliphatic heterocycles. The summed E-state index contributed by atoms with van der Waals surface area (Å²) in [6.07, 6.45) is 8.44. The molecule has 3 nitrogen and oxygen atoms in total. The molecule has 0 saturated carbocycles. The van der Waals surface area contributed by atoms with Crippen molar-refractivity contribution in [3.63, 3.8) is 0 Å². The number of piperidine rings is 2. The van der Waals surface area contributed by atoms with Crippen molar-refractivity contribution in [2.45, 2.75) is 57.9 Å². The third-order valence-electron chi connectivity index (χ3n) is 4.17. The molecule has 3 heteroatoms. The van der Waals surface area contributed by atoms with Crippen LogP contribution in [0, 0.1) is 0 Å². The lowest BCUT2D eigenvalue weighted by molar-refractivity contribution is -0.135. The molecule has 2 fully saturated rings. The molecular formula is C14H26N2O. The van der Waals surface area contributed by atoms with E-state index >= 15 is 0 Å². The van der Waals surface area contributed by atoms with Crippen molar-refractivity contribution in [1.82, 2.24) is 9.80 Å². The third kappa shape index (κ3) is 3.44. The van der Waals surface area contributed by atoms with Crippen LogP contribution in [0.5, 0.6) is 0 Å². The first kappa shape index (κ1) is 12.9. The van der Waals surface area contributed by atoms with Crippen molar-refractivity contribution >= 4 is 5.91 Å². The highest BCUT2D eigenvalue weighted by molar-refractivity contribution is 5.76. The predicted molar refractivity (Wildman–Crippen MR) is 69.9 cm³/mol. The second-order valence-corrected chi connectivity index (χ2v) is 5.45. The molecule has 1 unspecified atom stereocenters. The molecule has 2 aliphatic rings. The maximum absolute atomic E-state index is 11.9. The van der Waals surface area contributed by atoms with Crippen molar-refractivity contribution in [2.24, 2.45) is 0 Å². The van der Waals surface area contributed by atoms with Crippen molar-refractivity contribution in [2.75, 3.05) is 26.2 Å². The van der Waals surface area contributed by atoms with E-state index in [1.54, 1.807) is 0 Å². The summed E-state index contributed by atoms with van der Waals surface area (Å²) in [5, 5.41) is 0. The minimum Gasteiger partial charge on any atom is -0.338 e. The maximum Gasteiger partial charge on any atom is 0.222 e. The van der Waals surface area contributed by atoms with E-state index in [1.165, 1.54) is 51.6 Å². The first-order chi connectivity index (χ1) is 8.31. The highest BCUT2D eigenvalue weighted by atomic mass is 16.2. The van der Waals surface area contributed by atoms with Gasteiger partial charge in [-0.2, -0.15) is 0 Å². The van der Waals surface area contributed by atoms with Gasteiger partial charge in [-0.05, 0) is 45.2 Å². The van der Waals surface area contributed by atoms with Crippen LogP contribution in [0.4, 0.5) is 0 Å². The van der Waals surface area contributed by atoms with Crippen LogP contribution < -0.4 is 0 Å². The molecule has 2 saturated heterocycles. The molecule has 0 aromatic rings. The van der Waals surface area contributed by atoms with Crippen LogP contribution in [-0.4, -0.2) is 47.9 Å². The van der Waals surface area contributed by atoms with E-state index in [4.69, 9.17) is 0 Å². The number of likely N-dealkylation sites (tertiary alicyclic amines) is 2. The van der Waals surface area contributed by atoms with Gasteiger partial charge in [-0.3, -0.25) is 4.79 Å². The standard InChI is InChI=1S/C14H26N2O/c1-2-14(17)16-11-7-4-8-13(16)12-15-9-5-3-6-10-15/h13H,2-12H2,1H3. The molecule has 1 amide bonds. The number of nitrogens with zero attached hydrogens (tertiary/aromatic N) is 2. The SMILES string of the molecule is CCC(=O)N1CCCCC1CN1CCCCC1. The Bertz CT molecular complexity index is 249. The van der Waals surface area contributed by atoms with Gasteiger partial charge in [0, 0.05) is 25.6 Å². The van der Waals surface area contributed by atoms with Crippen molar-refractivity contribution < 1.29 is 4.79 Å². The van der Waals surface area contributed by atoms with Crippen LogP contribution in [0.25, 0.3) is 0 Å². The van der Waals surface area contributed by atoms with E-state index in [1.807, 2.05) is 6.92 Å². The molecule has 0 radical (unpaired) electrons. The Labute approximate surface area is 105 Å². The molecule has 1 atom stereocenters. The normalized spacial score (nSPS) is 27.1. The number of rotatable bonds is 3. The molecular weight excluding hydrogens is 212 g/mol. The van der Waals surface area contributed by atoms with E-state index in [2.05, 4.69) is 9.80 Å². The fourth-order valence-corrected chi connectivity index (χ4v) is 3.16. The van der Waals surface area contributed by atoms with Gasteiger partial charge < -0.3 is 9.80 Å². The van der Waals surface area contributed by atoms with Crippen molar-refractivity contribution in [3.05, 3.63) is 0 Å². The first-order valence-corrected chi connectivity index (χ1v) is 7.33. The Morgan fingerprint density at radius 1 is 1.06 bits per heavy atom. The Hall–Kier alpha value is -0.570. The number of carbonyl (C=O) groups excluding carboxylic acids is 1. The largest absolute Gasteiger partial charge is 0.338 e. The molecule has 2 rings (SSSR count). The van der Waals surface area contributed by atoms with E-state index in [-0.39, 0.29) is 0 Å². The molecule has 17 heavy (non-hydrogen) atoms. The summed E-state index contributed by atoms with van der Waals surface area (Å²) in [5.41, 5.74) is 0. The Balaban J connectivity index is 1.88. The second kappa shape index (κ2) is 6.39. The molecule has 98 valence electrons. The van der Waals surface area contributed by atoms with Gasteiger partial charge in [0.05, 0.1) is 0 Å². The van der Waals surface area contributed by atoms with Gasteiger partial charge in [-0.1, -0.05) is 13.3 Å². The minimum absolute atomic E-state index is 0.353. The minimum atomic E-state index is 0.353. The lowest BCUT2D eigenvalue weighted by Gasteiger charge is -2.39. The van der Waals surface area contributed by atoms with Gasteiger partial charge in [0.15, 0.2) is 0 Å². The summed E-state index contributed by atoms with van der Waals surface area (Å²) in [6, 6.07) is 0.495. The Morgan fingerprint density at radius 2 is 1.76 bits per heavy atom. The van der Waals surface area contributed by atoms with Gasteiger partial charge in [0.2, 0.25) is 5.91 Å². The quantitative estimate of drug-likeness (QED) is 0.753. The summed E-state index contributed by atoms with van der Waals surface area (Å²) >= 11 is 0. The van der Waals surface area contributed by atoms with Gasteiger partial charge >= 0.3 is 0 Å². The van der Waals surface area contributed by atoms with Gasteiger partial charge in [-0.25, -0.2) is 0 Å². The van der Waals surface area contributed by atoms with E-state index in [9.17, 15) is 4.79 Å². The van der Waals surface area contributed by atoms with Gasteiger partial charge in [0.25, 0.3) is 0 Å². The maximum atomic E-state index is 11.9. The van der Waals surface area contributed by atoms with Crippen LogP contribution in [0.1, 0.15) is 51.9 Å². The zero-order valence-electron chi connectivity index (χ0n) is 11.2. The molecule has 0 aliphatic carbocycles. The van der Waals surface area contributed by atoms with Crippen molar-refractivity contribution in [3.8, 4) is 0 Å². The number of amides is 1. The summed E-state index contributed by atoms with van der Waals surface area (Å²) in [4.78, 5) is 16.6. The average Bonchev–Trinajstić information content (AvgIpc) is 2.40. The Kier molecular flexibility index (Phi) is 4.84. The average molecular weight is 238 g/mol. The number of hydrogen-bond acceptors (Lipinski definition) is 2. The molecule has 0 N–H and O–H groups in total. The fourth-order valence-electron chi connectivity index (χ4n) is 3.16. The molecule has 2 heterocycles. The van der Waals surface area contributed by atoms with Crippen LogP contribution in [-0.2, 0) is 4.79 Å². The van der Waals surface area contributed by atoms with Crippen LogP contribution in [0.3, 0.4) is 0 Å². The lowest BCUT2D eigenvalue weighted by Crippen LogP contribution is -2.50. The zero-order chi connectivity index (χ0) is 12.1. The second-order valence-electron chi connectivity index (χ2n) is 5.45. The summed E-state index contributed by atoms with van der Waals surface area (Å²) in [6.45, 7) is 6.57. The number of hydrogen-bond donors (Lipinski definition) is 0. The van der Waals surface area contributed by atoms with Crippen LogP contribution in [0.15, 0.2) is 0 Å². The Morgan fingerprint density at radius 3 is 2.47 bits per heavy atom. The summed E-state index contributed by atoms with van der Waals surface area (Å²) < 4.78 is 0. The van der Waals surface area contributed by atoms with E-state index < -0.39 is 0 Å². The first-order valence-electron chi connectivity index (χ1n) is 7.33. The highest BCUT2D eigenvalue weighted by Gasteiger charge is 2.27. The monoisotopic (exact) mass is 238 g/mol. The van der Waals surface area contributed by atoms with E-state index in [0.29, 0.717) is 18.4 Å². The predicted octanol–water partition coefficient (Wildman–Crippen LogP) is 2.26. The molecule has 0 aromatic heterocycles. The smallest absolute Gasteiger partial charge is 0.222 e. The number of carbonyl (C=O) groups is 1. The molecule has 0 spiro atoms. The highest BCUT2D eigenvalue weighted by Crippen LogP contribution is 2.20. The molecule has 0 aromatic carbocycles. The van der Waals surface area contributed by atoms with Gasteiger partial charge in [-0.15, -0.1) is 0 Å². The van der Waals surface area contributed by atoms with Gasteiger partial charge in [0.1, 0.15) is 0 Å². The zero-order valence-corrected chi connectivity index (χ0v) is 11.2. The summed E-state index contributed by atoms with van der Waals surface area (Å²) in [5.74, 6) is 0.353. The topological polar surface area (TPSA) is 23.6 Å². The van der Waals surface area contributed by atoms with Crippen molar-refractivity contribution in [1.29, 1.82) is 0 Å². The van der Waals surface area contributed by atoms with Crippen LogP contribution in [0.2, 0.25) is 0 Å². The molecule has 0 bridgehead atoms. The third-order valence-corrected chi connectivity index (χ3v) is 4.17. The fraction of sp³-hybridized carbons (Fsp3) is 0.929.